The van der Waals surface area contributed by atoms with Gasteiger partial charge in [-0.3, -0.25) is 0 Å². The van der Waals surface area contributed by atoms with Crippen molar-refractivity contribution < 1.29 is 0 Å². The van der Waals surface area contributed by atoms with Crippen molar-refractivity contribution in [2.45, 2.75) is 26.9 Å². The van der Waals surface area contributed by atoms with Crippen LogP contribution in [0.15, 0.2) is 24.4 Å². The van der Waals surface area contributed by atoms with Gasteiger partial charge in [-0.2, -0.15) is 0 Å². The van der Waals surface area contributed by atoms with E-state index in [9.17, 15) is 0 Å². The maximum absolute atomic E-state index is 6.22. The molecule has 0 amide bonds. The van der Waals surface area contributed by atoms with E-state index in [-0.39, 0.29) is 0 Å². The summed E-state index contributed by atoms with van der Waals surface area (Å²) in [6, 6.07) is 5.59. The largest absolute Gasteiger partial charge is 0.327 e. The topological polar surface area (TPSA) is 29.9 Å². The van der Waals surface area contributed by atoms with E-state index in [2.05, 4.69) is 21.8 Å². The van der Waals surface area contributed by atoms with Crippen LogP contribution in [0, 0.1) is 6.92 Å². The van der Waals surface area contributed by atoms with Crippen molar-refractivity contribution in [2.75, 3.05) is 6.54 Å². The van der Waals surface area contributed by atoms with Crippen LogP contribution in [-0.4, -0.2) is 16.1 Å². The normalized spacial score (nSPS) is 10.9. The Morgan fingerprint density at radius 1 is 1.32 bits per heavy atom. The Kier molecular flexibility index (Phi) is 4.86. The molecule has 102 valence electrons. The summed E-state index contributed by atoms with van der Waals surface area (Å²) < 4.78 is 2.16. The van der Waals surface area contributed by atoms with Gasteiger partial charge >= 0.3 is 0 Å². The maximum Gasteiger partial charge on any atom is 0.106 e. The number of aromatic nitrogens is 2. The molecule has 1 N–H and O–H groups in total. The lowest BCUT2D eigenvalue weighted by atomic mass is 10.2. The lowest BCUT2D eigenvalue weighted by Gasteiger charge is -2.12. The summed E-state index contributed by atoms with van der Waals surface area (Å²) in [5.74, 6) is 0.985. The van der Waals surface area contributed by atoms with Crippen LogP contribution >= 0.6 is 23.2 Å². The first-order chi connectivity index (χ1) is 9.11. The number of nitrogens with zero attached hydrogens (tertiary/aromatic N) is 2. The minimum atomic E-state index is 0.656. The molecule has 2 rings (SSSR count). The third-order valence-corrected chi connectivity index (χ3v) is 3.62. The van der Waals surface area contributed by atoms with Crippen molar-refractivity contribution in [2.24, 2.45) is 0 Å². The Labute approximate surface area is 123 Å². The minimum absolute atomic E-state index is 0.656. The molecule has 2 aromatic rings. The van der Waals surface area contributed by atoms with Crippen LogP contribution in [0.5, 0.6) is 0 Å². The second kappa shape index (κ2) is 6.42. The standard InChI is InChI=1S/C14H17Cl2N3/c1-3-17-7-13-8-18-10(2)19(13)9-11-4-5-12(15)6-14(11)16/h4-6,8,17H,3,7,9H2,1-2H3. The van der Waals surface area contributed by atoms with E-state index in [4.69, 9.17) is 23.2 Å². The molecule has 0 saturated heterocycles. The van der Waals surface area contributed by atoms with Crippen molar-refractivity contribution in [1.29, 1.82) is 0 Å². The zero-order chi connectivity index (χ0) is 13.8. The fraction of sp³-hybridized carbons (Fsp3) is 0.357. The molecule has 3 nitrogen and oxygen atoms in total. The minimum Gasteiger partial charge on any atom is -0.327 e. The molecule has 0 atom stereocenters. The van der Waals surface area contributed by atoms with Gasteiger partial charge in [0.25, 0.3) is 0 Å². The van der Waals surface area contributed by atoms with Gasteiger partial charge in [0.1, 0.15) is 5.82 Å². The molecule has 0 fully saturated rings. The van der Waals surface area contributed by atoms with Crippen molar-refractivity contribution in [3.05, 3.63) is 51.5 Å². The fourth-order valence-electron chi connectivity index (χ4n) is 1.95. The van der Waals surface area contributed by atoms with Gasteiger partial charge < -0.3 is 9.88 Å². The molecule has 0 bridgehead atoms. The van der Waals surface area contributed by atoms with E-state index in [0.29, 0.717) is 16.6 Å². The second-order valence-electron chi connectivity index (χ2n) is 4.40. The van der Waals surface area contributed by atoms with Crippen LogP contribution in [0.25, 0.3) is 0 Å². The van der Waals surface area contributed by atoms with Crippen LogP contribution in [0.3, 0.4) is 0 Å². The Morgan fingerprint density at radius 2 is 2.11 bits per heavy atom. The van der Waals surface area contributed by atoms with Crippen molar-refractivity contribution in [1.82, 2.24) is 14.9 Å². The quantitative estimate of drug-likeness (QED) is 0.913. The SMILES string of the molecule is CCNCc1cnc(C)n1Cc1ccc(Cl)cc1Cl. The smallest absolute Gasteiger partial charge is 0.106 e. The molecule has 0 unspecified atom stereocenters. The Morgan fingerprint density at radius 3 is 2.79 bits per heavy atom. The average molecular weight is 298 g/mol. The summed E-state index contributed by atoms with van der Waals surface area (Å²) in [6.07, 6.45) is 1.90. The molecule has 5 heteroatoms. The van der Waals surface area contributed by atoms with E-state index >= 15 is 0 Å². The summed E-state index contributed by atoms with van der Waals surface area (Å²) in [4.78, 5) is 4.37. The molecule has 0 aliphatic rings. The maximum atomic E-state index is 6.22. The first-order valence-electron chi connectivity index (χ1n) is 6.27. The van der Waals surface area contributed by atoms with Gasteiger partial charge in [-0.25, -0.2) is 4.98 Å². The Balaban J connectivity index is 2.24. The van der Waals surface area contributed by atoms with Crippen molar-refractivity contribution in [3.63, 3.8) is 0 Å². The fourth-order valence-corrected chi connectivity index (χ4v) is 2.41. The van der Waals surface area contributed by atoms with Gasteiger partial charge in [0.15, 0.2) is 0 Å². The molecule has 0 spiro atoms. The Hall–Kier alpha value is -1.03. The monoisotopic (exact) mass is 297 g/mol. The summed E-state index contributed by atoms with van der Waals surface area (Å²) in [6.45, 7) is 6.54. The summed E-state index contributed by atoms with van der Waals surface area (Å²) in [5.41, 5.74) is 2.20. The molecule has 1 heterocycles. The number of halogens is 2. The number of aryl methyl sites for hydroxylation is 1. The molecule has 1 aromatic carbocycles. The van der Waals surface area contributed by atoms with Gasteiger partial charge in [0.2, 0.25) is 0 Å². The second-order valence-corrected chi connectivity index (χ2v) is 5.24. The van der Waals surface area contributed by atoms with Crippen molar-refractivity contribution >= 4 is 23.2 Å². The molecule has 0 saturated carbocycles. The third kappa shape index (κ3) is 3.50. The Bertz CT molecular complexity index is 564. The predicted octanol–water partition coefficient (Wildman–Crippen LogP) is 3.66. The van der Waals surface area contributed by atoms with E-state index in [1.807, 2.05) is 25.3 Å². The van der Waals surface area contributed by atoms with Crippen LogP contribution in [0.2, 0.25) is 10.0 Å². The molecule has 0 aliphatic heterocycles. The first-order valence-corrected chi connectivity index (χ1v) is 7.03. The molecular weight excluding hydrogens is 281 g/mol. The van der Waals surface area contributed by atoms with Crippen LogP contribution < -0.4 is 5.32 Å². The average Bonchev–Trinajstić information content (AvgIpc) is 2.71. The summed E-state index contributed by atoms with van der Waals surface area (Å²) in [7, 11) is 0. The van der Waals surface area contributed by atoms with E-state index < -0.39 is 0 Å². The van der Waals surface area contributed by atoms with Gasteiger partial charge in [0.05, 0.1) is 12.2 Å². The van der Waals surface area contributed by atoms with E-state index in [1.54, 1.807) is 6.07 Å². The predicted molar refractivity (Wildman–Crippen MR) is 79.9 cm³/mol. The lowest BCUT2D eigenvalue weighted by Crippen LogP contribution is -2.16. The van der Waals surface area contributed by atoms with Gasteiger partial charge in [-0.15, -0.1) is 0 Å². The molecule has 1 aromatic heterocycles. The van der Waals surface area contributed by atoms with Gasteiger partial charge in [0, 0.05) is 22.8 Å². The highest BCUT2D eigenvalue weighted by Gasteiger charge is 2.09. The number of benzene rings is 1. The number of nitrogens with one attached hydrogen (secondary N) is 1. The van der Waals surface area contributed by atoms with Gasteiger partial charge in [-0.05, 0) is 31.2 Å². The van der Waals surface area contributed by atoms with Crippen LogP contribution in [0.4, 0.5) is 0 Å². The van der Waals surface area contributed by atoms with Gasteiger partial charge in [-0.1, -0.05) is 36.2 Å². The number of hydrogen-bond acceptors (Lipinski definition) is 2. The zero-order valence-electron chi connectivity index (χ0n) is 11.1. The van der Waals surface area contributed by atoms with Crippen LogP contribution in [0.1, 0.15) is 24.0 Å². The molecular formula is C14H17Cl2N3. The zero-order valence-corrected chi connectivity index (χ0v) is 12.6. The number of rotatable bonds is 5. The van der Waals surface area contributed by atoms with E-state index in [0.717, 1.165) is 30.2 Å². The van der Waals surface area contributed by atoms with Crippen LogP contribution in [-0.2, 0) is 13.1 Å². The number of hydrogen-bond donors (Lipinski definition) is 1. The lowest BCUT2D eigenvalue weighted by molar-refractivity contribution is 0.646. The highest BCUT2D eigenvalue weighted by Crippen LogP contribution is 2.22. The molecule has 19 heavy (non-hydrogen) atoms. The van der Waals surface area contributed by atoms with E-state index in [1.165, 1.54) is 0 Å². The third-order valence-electron chi connectivity index (χ3n) is 3.04. The highest BCUT2D eigenvalue weighted by atomic mass is 35.5. The molecule has 0 radical (unpaired) electrons. The summed E-state index contributed by atoms with van der Waals surface area (Å²) >= 11 is 12.1. The highest BCUT2D eigenvalue weighted by molar-refractivity contribution is 6.35. The first kappa shape index (κ1) is 14.4. The number of imidazole rings is 1. The molecule has 0 aliphatic carbocycles. The summed E-state index contributed by atoms with van der Waals surface area (Å²) in [5, 5.41) is 4.66. The van der Waals surface area contributed by atoms with Crippen molar-refractivity contribution in [3.8, 4) is 0 Å².